The summed E-state index contributed by atoms with van der Waals surface area (Å²) in [5.74, 6) is 0. The Morgan fingerprint density at radius 3 is 2.50 bits per heavy atom. The van der Waals surface area contributed by atoms with Crippen LogP contribution in [-0.2, 0) is 13.1 Å². The van der Waals surface area contributed by atoms with Crippen molar-refractivity contribution in [2.24, 2.45) is 0 Å². The van der Waals surface area contributed by atoms with Crippen LogP contribution in [0.25, 0.3) is 10.9 Å². The first-order chi connectivity index (χ1) is 12.7. The van der Waals surface area contributed by atoms with Crippen LogP contribution in [0.15, 0.2) is 55.2 Å². The van der Waals surface area contributed by atoms with Gasteiger partial charge in [-0.2, -0.15) is 0 Å². The molecule has 2 saturated heterocycles. The van der Waals surface area contributed by atoms with E-state index in [0.717, 1.165) is 24.9 Å². The Balaban J connectivity index is 1.35. The topological polar surface area (TPSA) is 54.2 Å². The molecule has 0 amide bonds. The van der Waals surface area contributed by atoms with Gasteiger partial charge in [0.1, 0.15) is 0 Å². The SMILES string of the molecule is OC1(Cn2ccc3ccncc32)C[C@H]2CC[C@@H](C1)N2Cc1ccncc1. The highest BCUT2D eigenvalue weighted by Gasteiger charge is 2.47. The third-order valence-corrected chi connectivity index (χ3v) is 6.16. The Bertz CT molecular complexity index is 893. The van der Waals surface area contributed by atoms with Gasteiger partial charge in [0.25, 0.3) is 0 Å². The van der Waals surface area contributed by atoms with E-state index in [9.17, 15) is 5.11 Å². The summed E-state index contributed by atoms with van der Waals surface area (Å²) in [7, 11) is 0. The molecule has 26 heavy (non-hydrogen) atoms. The molecule has 3 aromatic heterocycles. The van der Waals surface area contributed by atoms with Crippen molar-refractivity contribution in [3.63, 3.8) is 0 Å². The smallest absolute Gasteiger partial charge is 0.0855 e. The van der Waals surface area contributed by atoms with Crippen molar-refractivity contribution in [1.29, 1.82) is 0 Å². The first-order valence-corrected chi connectivity index (χ1v) is 9.46. The highest BCUT2D eigenvalue weighted by molar-refractivity contribution is 5.78. The van der Waals surface area contributed by atoms with E-state index < -0.39 is 5.60 Å². The van der Waals surface area contributed by atoms with Crippen LogP contribution in [0, 0.1) is 0 Å². The summed E-state index contributed by atoms with van der Waals surface area (Å²) in [5, 5.41) is 12.6. The van der Waals surface area contributed by atoms with E-state index in [2.05, 4.69) is 43.8 Å². The number of hydrogen-bond donors (Lipinski definition) is 1. The fourth-order valence-electron chi connectivity index (χ4n) is 4.98. The summed E-state index contributed by atoms with van der Waals surface area (Å²) in [6.07, 6.45) is 13.6. The van der Waals surface area contributed by atoms with Crippen molar-refractivity contribution in [2.45, 2.75) is 56.5 Å². The van der Waals surface area contributed by atoms with E-state index in [0.29, 0.717) is 18.6 Å². The van der Waals surface area contributed by atoms with Gasteiger partial charge in [-0.3, -0.25) is 14.9 Å². The molecule has 1 unspecified atom stereocenters. The van der Waals surface area contributed by atoms with Gasteiger partial charge in [0, 0.05) is 48.8 Å². The lowest BCUT2D eigenvalue weighted by Crippen LogP contribution is -2.52. The summed E-state index contributed by atoms with van der Waals surface area (Å²) in [4.78, 5) is 11.0. The highest BCUT2D eigenvalue weighted by Crippen LogP contribution is 2.42. The van der Waals surface area contributed by atoms with Crippen molar-refractivity contribution >= 4 is 10.9 Å². The van der Waals surface area contributed by atoms with Crippen LogP contribution >= 0.6 is 0 Å². The highest BCUT2D eigenvalue weighted by atomic mass is 16.3. The predicted octanol–water partition coefficient (Wildman–Crippen LogP) is 2.99. The lowest BCUT2D eigenvalue weighted by molar-refractivity contribution is -0.0644. The van der Waals surface area contributed by atoms with Gasteiger partial charge in [0.2, 0.25) is 0 Å². The molecule has 2 aliphatic rings. The first kappa shape index (κ1) is 16.0. The third kappa shape index (κ3) is 2.81. The van der Waals surface area contributed by atoms with E-state index in [1.54, 1.807) is 0 Å². The van der Waals surface area contributed by atoms with Crippen molar-refractivity contribution in [3.8, 4) is 0 Å². The van der Waals surface area contributed by atoms with Crippen molar-refractivity contribution < 1.29 is 5.11 Å². The predicted molar refractivity (Wildman–Crippen MR) is 101 cm³/mol. The molecule has 0 aliphatic carbocycles. The van der Waals surface area contributed by atoms with Gasteiger partial charge in [-0.25, -0.2) is 0 Å². The van der Waals surface area contributed by atoms with Crippen LogP contribution in [0.4, 0.5) is 0 Å². The summed E-state index contributed by atoms with van der Waals surface area (Å²) in [5.41, 5.74) is 1.78. The van der Waals surface area contributed by atoms with Crippen LogP contribution in [0.1, 0.15) is 31.2 Å². The van der Waals surface area contributed by atoms with E-state index in [-0.39, 0.29) is 0 Å². The zero-order valence-corrected chi connectivity index (χ0v) is 14.8. The summed E-state index contributed by atoms with van der Waals surface area (Å²) in [6.45, 7) is 1.61. The maximum atomic E-state index is 11.4. The molecular formula is C21H24N4O. The summed E-state index contributed by atoms with van der Waals surface area (Å²) < 4.78 is 2.17. The van der Waals surface area contributed by atoms with Gasteiger partial charge < -0.3 is 9.67 Å². The Morgan fingerprint density at radius 2 is 1.73 bits per heavy atom. The van der Waals surface area contributed by atoms with Crippen LogP contribution in [0.5, 0.6) is 0 Å². The van der Waals surface area contributed by atoms with E-state index in [1.807, 2.05) is 30.9 Å². The molecule has 5 heterocycles. The van der Waals surface area contributed by atoms with Crippen LogP contribution in [-0.4, -0.2) is 42.2 Å². The fraction of sp³-hybridized carbons (Fsp3) is 0.429. The molecule has 0 radical (unpaired) electrons. The molecule has 3 atom stereocenters. The third-order valence-electron chi connectivity index (χ3n) is 6.16. The van der Waals surface area contributed by atoms with Crippen LogP contribution in [0.2, 0.25) is 0 Å². The van der Waals surface area contributed by atoms with E-state index >= 15 is 0 Å². The molecule has 5 nitrogen and oxygen atoms in total. The lowest BCUT2D eigenvalue weighted by Gasteiger charge is -2.44. The molecule has 0 saturated carbocycles. The number of aromatic nitrogens is 3. The summed E-state index contributed by atoms with van der Waals surface area (Å²) in [6, 6.07) is 9.25. The molecule has 5 heteroatoms. The molecule has 3 aromatic rings. The zero-order valence-electron chi connectivity index (χ0n) is 14.8. The Labute approximate surface area is 153 Å². The van der Waals surface area contributed by atoms with Crippen LogP contribution in [0.3, 0.4) is 0 Å². The Morgan fingerprint density at radius 1 is 1.00 bits per heavy atom. The average molecular weight is 348 g/mol. The lowest BCUT2D eigenvalue weighted by atomic mass is 9.85. The fourth-order valence-corrected chi connectivity index (χ4v) is 4.98. The molecule has 2 bridgehead atoms. The second-order valence-corrected chi connectivity index (χ2v) is 7.92. The Kier molecular flexibility index (Phi) is 3.80. The van der Waals surface area contributed by atoms with Gasteiger partial charge in [-0.15, -0.1) is 0 Å². The quantitative estimate of drug-likeness (QED) is 0.787. The largest absolute Gasteiger partial charge is 0.388 e. The maximum absolute atomic E-state index is 11.4. The molecule has 0 aromatic carbocycles. The van der Waals surface area contributed by atoms with Crippen LogP contribution < -0.4 is 0 Å². The molecular weight excluding hydrogens is 324 g/mol. The number of pyridine rings is 2. The normalized spacial score (nSPS) is 28.7. The van der Waals surface area contributed by atoms with Gasteiger partial charge in [0.05, 0.1) is 23.9 Å². The number of aliphatic hydroxyl groups is 1. The maximum Gasteiger partial charge on any atom is 0.0855 e. The number of nitrogens with zero attached hydrogens (tertiary/aromatic N) is 4. The molecule has 2 aliphatic heterocycles. The van der Waals surface area contributed by atoms with Crippen molar-refractivity contribution in [2.75, 3.05) is 0 Å². The molecule has 134 valence electrons. The number of rotatable bonds is 4. The van der Waals surface area contributed by atoms with Gasteiger partial charge >= 0.3 is 0 Å². The molecule has 1 N–H and O–H groups in total. The number of fused-ring (bicyclic) bond motifs is 3. The monoisotopic (exact) mass is 348 g/mol. The number of hydrogen-bond acceptors (Lipinski definition) is 4. The molecule has 0 spiro atoms. The Hall–Kier alpha value is -2.24. The minimum atomic E-state index is -0.637. The standard InChI is InChI=1S/C21H24N4O/c26-21(15-24-10-6-17-5-9-23-13-20(17)24)11-18-1-2-19(12-21)25(18)14-16-3-7-22-8-4-16/h3-10,13,18-19,26H,1-2,11-12,14-15H2/t18-,19+,21?. The van der Waals surface area contributed by atoms with Crippen molar-refractivity contribution in [3.05, 3.63) is 60.8 Å². The molecule has 5 rings (SSSR count). The second-order valence-electron chi connectivity index (χ2n) is 7.92. The minimum absolute atomic E-state index is 0.465. The van der Waals surface area contributed by atoms with Gasteiger partial charge in [-0.1, -0.05) is 0 Å². The first-order valence-electron chi connectivity index (χ1n) is 9.46. The molecule has 2 fully saturated rings. The average Bonchev–Trinajstić information content (AvgIpc) is 3.15. The van der Waals surface area contributed by atoms with Gasteiger partial charge in [-0.05, 0) is 55.5 Å². The van der Waals surface area contributed by atoms with E-state index in [1.165, 1.54) is 23.8 Å². The van der Waals surface area contributed by atoms with Gasteiger partial charge in [0.15, 0.2) is 0 Å². The zero-order chi connectivity index (χ0) is 17.6. The van der Waals surface area contributed by atoms with E-state index in [4.69, 9.17) is 0 Å². The number of piperidine rings is 1. The second kappa shape index (κ2) is 6.18. The minimum Gasteiger partial charge on any atom is -0.388 e. The van der Waals surface area contributed by atoms with Crippen molar-refractivity contribution in [1.82, 2.24) is 19.4 Å². The summed E-state index contributed by atoms with van der Waals surface area (Å²) >= 11 is 0.